The third-order valence-electron chi connectivity index (χ3n) is 3.37. The van der Waals surface area contributed by atoms with Gasteiger partial charge in [-0.05, 0) is 42.5 Å². The fourth-order valence-corrected chi connectivity index (χ4v) is 4.14. The van der Waals surface area contributed by atoms with Gasteiger partial charge in [-0.25, -0.2) is 0 Å². The number of nitrogens with zero attached hydrogens (tertiary/aromatic N) is 1. The van der Waals surface area contributed by atoms with Crippen molar-refractivity contribution >= 4 is 29.2 Å². The van der Waals surface area contributed by atoms with Gasteiger partial charge in [0, 0.05) is 11.0 Å². The SMILES string of the molecule is O=[N+]([O-])c1ccccc1SCCCCCCSc1ccccc1. The maximum Gasteiger partial charge on any atom is 0.282 e. The van der Waals surface area contributed by atoms with Crippen molar-refractivity contribution in [3.8, 4) is 0 Å². The van der Waals surface area contributed by atoms with Gasteiger partial charge in [-0.3, -0.25) is 10.1 Å². The second kappa shape index (κ2) is 10.3. The predicted octanol–water partition coefficient (Wildman–Crippen LogP) is 6.04. The quantitative estimate of drug-likeness (QED) is 0.227. The van der Waals surface area contributed by atoms with Crippen molar-refractivity contribution in [3.05, 3.63) is 64.7 Å². The first-order valence-corrected chi connectivity index (χ1v) is 9.78. The molecule has 5 heteroatoms. The summed E-state index contributed by atoms with van der Waals surface area (Å²) in [6.07, 6.45) is 4.72. The molecule has 3 nitrogen and oxygen atoms in total. The molecule has 0 radical (unpaired) electrons. The van der Waals surface area contributed by atoms with Gasteiger partial charge in [0.1, 0.15) is 0 Å². The van der Waals surface area contributed by atoms with Gasteiger partial charge in [0.2, 0.25) is 0 Å². The van der Waals surface area contributed by atoms with Gasteiger partial charge >= 0.3 is 0 Å². The van der Waals surface area contributed by atoms with Crippen LogP contribution in [0, 0.1) is 10.1 Å². The van der Waals surface area contributed by atoms with Crippen molar-refractivity contribution in [1.29, 1.82) is 0 Å². The maximum atomic E-state index is 10.9. The summed E-state index contributed by atoms with van der Waals surface area (Å²) in [4.78, 5) is 12.7. The molecule has 2 rings (SSSR count). The van der Waals surface area contributed by atoms with E-state index in [2.05, 4.69) is 24.3 Å². The Bertz CT molecular complexity index is 605. The maximum absolute atomic E-state index is 10.9. The molecule has 0 fully saturated rings. The molecule has 0 saturated carbocycles. The van der Waals surface area contributed by atoms with E-state index in [0.29, 0.717) is 0 Å². The highest BCUT2D eigenvalue weighted by molar-refractivity contribution is 7.99. The molecule has 122 valence electrons. The summed E-state index contributed by atoms with van der Waals surface area (Å²) in [5.41, 5.74) is 0.219. The predicted molar refractivity (Wildman–Crippen MR) is 99.5 cm³/mol. The third kappa shape index (κ3) is 6.67. The topological polar surface area (TPSA) is 43.1 Å². The van der Waals surface area contributed by atoms with E-state index < -0.39 is 0 Å². The minimum atomic E-state index is -0.302. The van der Waals surface area contributed by atoms with Crippen LogP contribution in [0.4, 0.5) is 5.69 Å². The van der Waals surface area contributed by atoms with Gasteiger partial charge in [0.15, 0.2) is 0 Å². The molecule has 0 heterocycles. The second-order valence-electron chi connectivity index (χ2n) is 5.15. The van der Waals surface area contributed by atoms with Crippen LogP contribution < -0.4 is 0 Å². The Morgan fingerprint density at radius 3 is 2.09 bits per heavy atom. The van der Waals surface area contributed by atoms with Crippen molar-refractivity contribution in [2.45, 2.75) is 35.5 Å². The largest absolute Gasteiger partial charge is 0.282 e. The molecule has 0 unspecified atom stereocenters. The molecule has 0 aliphatic rings. The van der Waals surface area contributed by atoms with Gasteiger partial charge in [-0.15, -0.1) is 23.5 Å². The van der Waals surface area contributed by atoms with Crippen LogP contribution >= 0.6 is 23.5 Å². The fraction of sp³-hybridized carbons (Fsp3) is 0.333. The molecule has 0 spiro atoms. The number of benzene rings is 2. The number of thioether (sulfide) groups is 2. The zero-order valence-electron chi connectivity index (χ0n) is 13.0. The van der Waals surface area contributed by atoms with E-state index in [1.54, 1.807) is 23.9 Å². The molecule has 0 aromatic heterocycles. The minimum Gasteiger partial charge on any atom is -0.258 e. The summed E-state index contributed by atoms with van der Waals surface area (Å²) in [7, 11) is 0. The highest BCUT2D eigenvalue weighted by atomic mass is 32.2. The van der Waals surface area contributed by atoms with E-state index in [0.717, 1.165) is 22.8 Å². The summed E-state index contributed by atoms with van der Waals surface area (Å²) in [6.45, 7) is 0. The first-order valence-electron chi connectivity index (χ1n) is 7.81. The average molecular weight is 348 g/mol. The molecule has 2 aromatic rings. The first kappa shape index (κ1) is 17.9. The van der Waals surface area contributed by atoms with Crippen LogP contribution in [0.5, 0.6) is 0 Å². The Labute approximate surface area is 146 Å². The summed E-state index contributed by atoms with van der Waals surface area (Å²) in [5.74, 6) is 2.10. The van der Waals surface area contributed by atoms with Gasteiger partial charge in [-0.2, -0.15) is 0 Å². The van der Waals surface area contributed by atoms with E-state index in [-0.39, 0.29) is 10.6 Å². The van der Waals surface area contributed by atoms with Crippen LogP contribution in [0.25, 0.3) is 0 Å². The van der Waals surface area contributed by atoms with Gasteiger partial charge in [0.05, 0.1) is 9.82 Å². The molecule has 2 aromatic carbocycles. The van der Waals surface area contributed by atoms with E-state index in [4.69, 9.17) is 0 Å². The van der Waals surface area contributed by atoms with E-state index in [1.165, 1.54) is 24.2 Å². The van der Waals surface area contributed by atoms with E-state index >= 15 is 0 Å². The zero-order chi connectivity index (χ0) is 16.3. The molecule has 0 atom stereocenters. The van der Waals surface area contributed by atoms with Crippen molar-refractivity contribution in [2.75, 3.05) is 11.5 Å². The van der Waals surface area contributed by atoms with Gasteiger partial charge < -0.3 is 0 Å². The molecule has 0 aliphatic carbocycles. The Hall–Kier alpha value is -1.46. The van der Waals surface area contributed by atoms with Crippen molar-refractivity contribution in [3.63, 3.8) is 0 Å². The normalized spacial score (nSPS) is 10.6. The molecular weight excluding hydrogens is 326 g/mol. The molecule has 0 aliphatic heterocycles. The highest BCUT2D eigenvalue weighted by Crippen LogP contribution is 2.29. The molecule has 0 saturated heterocycles. The van der Waals surface area contributed by atoms with Crippen LogP contribution in [0.2, 0.25) is 0 Å². The summed E-state index contributed by atoms with van der Waals surface area (Å²) in [5, 5.41) is 10.9. The van der Waals surface area contributed by atoms with Crippen molar-refractivity contribution in [2.24, 2.45) is 0 Å². The smallest absolute Gasteiger partial charge is 0.258 e. The number of rotatable bonds is 10. The lowest BCUT2D eigenvalue weighted by Gasteiger charge is -2.04. The lowest BCUT2D eigenvalue weighted by Crippen LogP contribution is -1.91. The highest BCUT2D eigenvalue weighted by Gasteiger charge is 2.11. The number of hydrogen-bond acceptors (Lipinski definition) is 4. The average Bonchev–Trinajstić information content (AvgIpc) is 2.58. The van der Waals surface area contributed by atoms with Crippen molar-refractivity contribution < 1.29 is 4.92 Å². The zero-order valence-corrected chi connectivity index (χ0v) is 14.7. The standard InChI is InChI=1S/C18H21NO2S2/c20-19(21)17-12-6-7-13-18(17)23-15-9-2-1-8-14-22-16-10-4-3-5-11-16/h3-7,10-13H,1-2,8-9,14-15H2. The number of nitro benzene ring substituents is 1. The molecule has 0 amide bonds. The molecule has 0 N–H and O–H groups in total. The van der Waals surface area contributed by atoms with Gasteiger partial charge in [-0.1, -0.05) is 43.2 Å². The fourth-order valence-electron chi connectivity index (χ4n) is 2.18. The molecular formula is C18H21NO2S2. The minimum absolute atomic E-state index is 0.219. The Morgan fingerprint density at radius 1 is 0.783 bits per heavy atom. The lowest BCUT2D eigenvalue weighted by atomic mass is 10.2. The first-order chi connectivity index (χ1) is 11.3. The van der Waals surface area contributed by atoms with Crippen molar-refractivity contribution in [1.82, 2.24) is 0 Å². The van der Waals surface area contributed by atoms with Gasteiger partial charge in [0.25, 0.3) is 5.69 Å². The Balaban J connectivity index is 1.55. The molecule has 23 heavy (non-hydrogen) atoms. The number of hydrogen-bond donors (Lipinski definition) is 0. The summed E-state index contributed by atoms with van der Waals surface area (Å²) >= 11 is 3.50. The van der Waals surface area contributed by atoms with Crippen LogP contribution in [-0.2, 0) is 0 Å². The lowest BCUT2D eigenvalue weighted by molar-refractivity contribution is -0.387. The second-order valence-corrected chi connectivity index (χ2v) is 7.45. The van der Waals surface area contributed by atoms with Crippen LogP contribution in [-0.4, -0.2) is 16.4 Å². The summed E-state index contributed by atoms with van der Waals surface area (Å²) in [6, 6.07) is 17.5. The third-order valence-corrected chi connectivity index (χ3v) is 5.62. The Kier molecular flexibility index (Phi) is 8.04. The summed E-state index contributed by atoms with van der Waals surface area (Å²) < 4.78 is 0. The number of unbranched alkanes of at least 4 members (excludes halogenated alkanes) is 3. The number of nitro groups is 1. The van der Waals surface area contributed by atoms with Crippen LogP contribution in [0.3, 0.4) is 0 Å². The molecule has 0 bridgehead atoms. The van der Waals surface area contributed by atoms with Crippen LogP contribution in [0.15, 0.2) is 64.4 Å². The van der Waals surface area contributed by atoms with Crippen LogP contribution in [0.1, 0.15) is 25.7 Å². The van der Waals surface area contributed by atoms with E-state index in [9.17, 15) is 10.1 Å². The number of para-hydroxylation sites is 1. The monoisotopic (exact) mass is 347 g/mol. The van der Waals surface area contributed by atoms with E-state index in [1.807, 2.05) is 30.0 Å². The Morgan fingerprint density at radius 2 is 1.39 bits per heavy atom.